The molecule has 164 valence electrons. The molecule has 5 rings (SSSR count). The molecule has 3 aromatic rings. The zero-order chi connectivity index (χ0) is 21.7. The van der Waals surface area contributed by atoms with Crippen molar-refractivity contribution in [3.63, 3.8) is 0 Å². The molecule has 1 fully saturated rings. The summed E-state index contributed by atoms with van der Waals surface area (Å²) in [7, 11) is 4.42. The van der Waals surface area contributed by atoms with Gasteiger partial charge in [-0.3, -0.25) is 0 Å². The molecule has 2 aliphatic rings. The Hall–Kier alpha value is -1.56. The van der Waals surface area contributed by atoms with Crippen LogP contribution in [0.15, 0.2) is 42.6 Å². The molecular formula is C25H29Cl2N3O. The van der Waals surface area contributed by atoms with Gasteiger partial charge in [-0.25, -0.2) is 0 Å². The van der Waals surface area contributed by atoms with Crippen molar-refractivity contribution in [1.29, 1.82) is 0 Å². The Morgan fingerprint density at radius 2 is 2.00 bits per heavy atom. The molecule has 1 saturated heterocycles. The number of hydrogen-bond acceptors (Lipinski definition) is 3. The summed E-state index contributed by atoms with van der Waals surface area (Å²) in [4.78, 5) is 2.55. The van der Waals surface area contributed by atoms with Crippen LogP contribution in [-0.2, 0) is 13.5 Å². The number of nitrogens with zero attached hydrogens (tertiary/aromatic N) is 2. The van der Waals surface area contributed by atoms with Crippen LogP contribution in [0.2, 0.25) is 10.0 Å². The van der Waals surface area contributed by atoms with Crippen LogP contribution < -0.4 is 5.32 Å². The summed E-state index contributed by atoms with van der Waals surface area (Å²) in [6.45, 7) is 2.48. The van der Waals surface area contributed by atoms with Gasteiger partial charge in [0.15, 0.2) is 0 Å². The lowest BCUT2D eigenvalue weighted by Gasteiger charge is -2.45. The second-order valence-electron chi connectivity index (χ2n) is 9.27. The van der Waals surface area contributed by atoms with Crippen molar-refractivity contribution < 1.29 is 5.11 Å². The summed E-state index contributed by atoms with van der Waals surface area (Å²) in [6.07, 6.45) is 4.03. The number of aryl methyl sites for hydroxylation is 1. The van der Waals surface area contributed by atoms with Crippen LogP contribution >= 0.6 is 23.2 Å². The number of likely N-dealkylation sites (tertiary alicyclic amines) is 1. The minimum atomic E-state index is -0.598. The molecule has 2 aromatic carbocycles. The molecule has 0 radical (unpaired) electrons. The molecule has 0 bridgehead atoms. The zero-order valence-corrected chi connectivity index (χ0v) is 19.5. The van der Waals surface area contributed by atoms with Crippen LogP contribution in [0.5, 0.6) is 0 Å². The highest BCUT2D eigenvalue weighted by Gasteiger charge is 2.39. The smallest absolute Gasteiger partial charge is 0.0914 e. The molecule has 4 atom stereocenters. The van der Waals surface area contributed by atoms with Crippen LogP contribution in [0.25, 0.3) is 10.9 Å². The molecular weight excluding hydrogens is 429 g/mol. The third-order valence-electron chi connectivity index (χ3n) is 7.22. The van der Waals surface area contributed by atoms with Gasteiger partial charge < -0.3 is 19.9 Å². The van der Waals surface area contributed by atoms with Gasteiger partial charge in [-0.1, -0.05) is 41.4 Å². The van der Waals surface area contributed by atoms with Gasteiger partial charge in [-0.15, -0.1) is 0 Å². The fourth-order valence-electron chi connectivity index (χ4n) is 5.74. The minimum Gasteiger partial charge on any atom is -0.387 e. The van der Waals surface area contributed by atoms with Crippen molar-refractivity contribution in [2.75, 3.05) is 26.7 Å². The van der Waals surface area contributed by atoms with Crippen molar-refractivity contribution in [2.24, 2.45) is 13.0 Å². The molecule has 0 saturated carbocycles. The van der Waals surface area contributed by atoms with Gasteiger partial charge in [0, 0.05) is 49.2 Å². The standard InChI is InChI=1S/C25H29Cl2N3O/c1-29-13-15(11-28-12-24(31)16-6-7-20(26)21(27)9-16)8-19-18-4-3-5-22-25(18)17(10-23(19)29)14-30(22)2/h3-7,9,14-15,19,23-24,28,31H,8,10-13H2,1-2H3/t15-,19+,23+,24?/m0/s1. The fraction of sp³-hybridized carbons (Fsp3) is 0.440. The number of rotatable bonds is 5. The largest absolute Gasteiger partial charge is 0.387 e. The molecule has 1 aliphatic carbocycles. The van der Waals surface area contributed by atoms with Gasteiger partial charge >= 0.3 is 0 Å². The molecule has 1 unspecified atom stereocenters. The number of benzene rings is 2. The average Bonchev–Trinajstić information content (AvgIpc) is 3.07. The van der Waals surface area contributed by atoms with Crippen LogP contribution in [0.4, 0.5) is 0 Å². The van der Waals surface area contributed by atoms with Crippen molar-refractivity contribution in [3.05, 3.63) is 69.3 Å². The first-order valence-corrected chi connectivity index (χ1v) is 11.8. The number of aliphatic hydroxyl groups excluding tert-OH is 1. The van der Waals surface area contributed by atoms with E-state index in [1.54, 1.807) is 12.1 Å². The molecule has 0 amide bonds. The third-order valence-corrected chi connectivity index (χ3v) is 7.96. The molecule has 0 spiro atoms. The number of likely N-dealkylation sites (N-methyl/N-ethyl adjacent to an activating group) is 1. The van der Waals surface area contributed by atoms with E-state index in [4.69, 9.17) is 23.2 Å². The highest BCUT2D eigenvalue weighted by atomic mass is 35.5. The molecule has 31 heavy (non-hydrogen) atoms. The van der Waals surface area contributed by atoms with E-state index < -0.39 is 6.10 Å². The first-order chi connectivity index (χ1) is 14.9. The maximum absolute atomic E-state index is 10.5. The van der Waals surface area contributed by atoms with Crippen LogP contribution in [0.1, 0.15) is 35.1 Å². The number of hydrogen-bond donors (Lipinski definition) is 2. The van der Waals surface area contributed by atoms with E-state index in [2.05, 4.69) is 53.3 Å². The third kappa shape index (κ3) is 3.90. The predicted octanol–water partition coefficient (Wildman–Crippen LogP) is 4.77. The lowest BCUT2D eigenvalue weighted by Crippen LogP contribution is -2.49. The lowest BCUT2D eigenvalue weighted by molar-refractivity contribution is 0.107. The summed E-state index contributed by atoms with van der Waals surface area (Å²) < 4.78 is 2.27. The summed E-state index contributed by atoms with van der Waals surface area (Å²) in [6, 6.07) is 12.7. The monoisotopic (exact) mass is 457 g/mol. The van der Waals surface area contributed by atoms with Crippen LogP contribution in [-0.4, -0.2) is 47.3 Å². The lowest BCUT2D eigenvalue weighted by atomic mass is 9.72. The number of fused-ring (bicyclic) bond motifs is 2. The van der Waals surface area contributed by atoms with Crippen molar-refractivity contribution in [1.82, 2.24) is 14.8 Å². The van der Waals surface area contributed by atoms with E-state index in [1.165, 1.54) is 28.5 Å². The van der Waals surface area contributed by atoms with E-state index in [1.807, 2.05) is 6.07 Å². The van der Waals surface area contributed by atoms with Gasteiger partial charge in [-0.2, -0.15) is 0 Å². The Kier molecular flexibility index (Phi) is 5.78. The maximum atomic E-state index is 10.5. The first kappa shape index (κ1) is 21.3. The summed E-state index contributed by atoms with van der Waals surface area (Å²) in [5.41, 5.74) is 5.14. The van der Waals surface area contributed by atoms with E-state index in [-0.39, 0.29) is 0 Å². The normalized spacial score (nSPS) is 24.4. The van der Waals surface area contributed by atoms with E-state index in [9.17, 15) is 5.11 Å². The van der Waals surface area contributed by atoms with Crippen molar-refractivity contribution >= 4 is 34.1 Å². The molecule has 4 nitrogen and oxygen atoms in total. The van der Waals surface area contributed by atoms with Gasteiger partial charge in [-0.05, 0) is 67.2 Å². The van der Waals surface area contributed by atoms with Crippen molar-refractivity contribution in [2.45, 2.75) is 30.9 Å². The molecule has 6 heteroatoms. The van der Waals surface area contributed by atoms with Crippen LogP contribution in [0.3, 0.4) is 0 Å². The SMILES string of the molecule is CN1C[C@H](CNCC(O)c2ccc(Cl)c(Cl)c2)C[C@@H]2c3cccc4c3c(cn4C)C[C@H]21. The van der Waals surface area contributed by atoms with E-state index in [0.717, 1.165) is 25.1 Å². The Morgan fingerprint density at radius 1 is 1.16 bits per heavy atom. The number of halogens is 2. The summed E-state index contributed by atoms with van der Waals surface area (Å²) in [5.74, 6) is 1.11. The van der Waals surface area contributed by atoms with Crippen LogP contribution in [0, 0.1) is 5.92 Å². The number of nitrogens with one attached hydrogen (secondary N) is 1. The quantitative estimate of drug-likeness (QED) is 0.579. The van der Waals surface area contributed by atoms with E-state index in [0.29, 0.717) is 34.5 Å². The van der Waals surface area contributed by atoms with Gasteiger partial charge in [0.1, 0.15) is 0 Å². The Bertz CT molecular complexity index is 1110. The van der Waals surface area contributed by atoms with E-state index >= 15 is 0 Å². The number of aliphatic hydroxyl groups is 1. The number of aromatic nitrogens is 1. The second kappa shape index (κ2) is 8.42. The second-order valence-corrected chi connectivity index (χ2v) is 10.1. The Morgan fingerprint density at radius 3 is 2.81 bits per heavy atom. The molecule has 1 aliphatic heterocycles. The molecule has 2 heterocycles. The average molecular weight is 458 g/mol. The Balaban J connectivity index is 1.27. The van der Waals surface area contributed by atoms with Gasteiger partial charge in [0.2, 0.25) is 0 Å². The molecule has 2 N–H and O–H groups in total. The Labute approximate surface area is 193 Å². The van der Waals surface area contributed by atoms with Gasteiger partial charge in [0.25, 0.3) is 0 Å². The first-order valence-electron chi connectivity index (χ1n) is 11.0. The summed E-state index contributed by atoms with van der Waals surface area (Å²) in [5, 5.41) is 16.5. The fourth-order valence-corrected chi connectivity index (χ4v) is 6.05. The zero-order valence-electron chi connectivity index (χ0n) is 18.0. The molecule has 1 aromatic heterocycles. The van der Waals surface area contributed by atoms with Gasteiger partial charge in [0.05, 0.1) is 16.1 Å². The number of piperidine rings is 1. The topological polar surface area (TPSA) is 40.4 Å². The minimum absolute atomic E-state index is 0.477. The maximum Gasteiger partial charge on any atom is 0.0914 e. The highest BCUT2D eigenvalue weighted by molar-refractivity contribution is 6.42. The summed E-state index contributed by atoms with van der Waals surface area (Å²) >= 11 is 12.1. The highest BCUT2D eigenvalue weighted by Crippen LogP contribution is 2.44. The predicted molar refractivity (Wildman–Crippen MR) is 128 cm³/mol. The van der Waals surface area contributed by atoms with Crippen molar-refractivity contribution in [3.8, 4) is 0 Å².